The molecule has 0 radical (unpaired) electrons. The van der Waals surface area contributed by atoms with Gasteiger partial charge in [-0.15, -0.1) is 6.58 Å². The van der Waals surface area contributed by atoms with Crippen LogP contribution in [0.25, 0.3) is 0 Å². The largest absolute Gasteiger partial charge is 0.378 e. The molecule has 0 saturated heterocycles. The fraction of sp³-hybridized carbons (Fsp3) is 0.125. The first kappa shape index (κ1) is 14.0. The predicted molar refractivity (Wildman–Crippen MR) is 84.1 cm³/mol. The molecule has 0 fully saturated rings. The minimum absolute atomic E-state index is 0.177. The first-order chi connectivity index (χ1) is 9.20. The van der Waals surface area contributed by atoms with Crippen LogP contribution in [0.5, 0.6) is 0 Å². The lowest BCUT2D eigenvalue weighted by atomic mass is 10.0. The highest BCUT2D eigenvalue weighted by Gasteiger charge is 2.10. The predicted octanol–water partition coefficient (Wildman–Crippen LogP) is 5.72. The van der Waals surface area contributed by atoms with Crippen LogP contribution in [-0.4, -0.2) is 0 Å². The molecule has 0 aliphatic carbocycles. The highest BCUT2D eigenvalue weighted by atomic mass is 35.5. The summed E-state index contributed by atoms with van der Waals surface area (Å²) < 4.78 is 0. The average Bonchev–Trinajstić information content (AvgIpc) is 2.43. The van der Waals surface area contributed by atoms with Crippen molar-refractivity contribution in [2.24, 2.45) is 0 Å². The zero-order chi connectivity index (χ0) is 13.7. The van der Waals surface area contributed by atoms with Gasteiger partial charge < -0.3 is 5.32 Å². The van der Waals surface area contributed by atoms with Gasteiger partial charge in [0.25, 0.3) is 0 Å². The average molecular weight is 292 g/mol. The van der Waals surface area contributed by atoms with Gasteiger partial charge in [-0.25, -0.2) is 0 Å². The molecule has 1 nitrogen and oxygen atoms in total. The van der Waals surface area contributed by atoms with Crippen molar-refractivity contribution in [3.05, 3.63) is 76.8 Å². The van der Waals surface area contributed by atoms with E-state index >= 15 is 0 Å². The Morgan fingerprint density at radius 3 is 2.42 bits per heavy atom. The third kappa shape index (κ3) is 3.76. The van der Waals surface area contributed by atoms with E-state index in [-0.39, 0.29) is 6.04 Å². The van der Waals surface area contributed by atoms with Crippen molar-refractivity contribution in [1.82, 2.24) is 0 Å². The minimum atomic E-state index is 0.177. The first-order valence-electron chi connectivity index (χ1n) is 6.08. The van der Waals surface area contributed by atoms with Crippen LogP contribution < -0.4 is 5.32 Å². The molecule has 1 atom stereocenters. The van der Waals surface area contributed by atoms with Crippen molar-refractivity contribution in [3.8, 4) is 0 Å². The fourth-order valence-electron chi connectivity index (χ4n) is 1.92. The van der Waals surface area contributed by atoms with E-state index in [1.54, 1.807) is 6.07 Å². The highest BCUT2D eigenvalue weighted by molar-refractivity contribution is 6.42. The van der Waals surface area contributed by atoms with E-state index in [4.69, 9.17) is 23.2 Å². The third-order valence-corrected chi connectivity index (χ3v) is 3.60. The first-order valence-corrected chi connectivity index (χ1v) is 6.83. The molecule has 0 bridgehead atoms. The molecule has 2 aromatic rings. The molecule has 0 spiro atoms. The number of anilines is 1. The molecule has 0 saturated carbocycles. The van der Waals surface area contributed by atoms with E-state index in [9.17, 15) is 0 Å². The Hall–Kier alpha value is -1.44. The molecular formula is C16H15Cl2N. The van der Waals surface area contributed by atoms with Crippen molar-refractivity contribution >= 4 is 28.9 Å². The van der Waals surface area contributed by atoms with Gasteiger partial charge in [0.15, 0.2) is 0 Å². The van der Waals surface area contributed by atoms with Gasteiger partial charge in [0.05, 0.1) is 16.1 Å². The van der Waals surface area contributed by atoms with Crippen LogP contribution in [0, 0.1) is 0 Å². The number of nitrogens with one attached hydrogen (secondary N) is 1. The Labute approximate surface area is 123 Å². The molecule has 2 aromatic carbocycles. The van der Waals surface area contributed by atoms with Gasteiger partial charge >= 0.3 is 0 Å². The molecule has 0 aromatic heterocycles. The Morgan fingerprint density at radius 2 is 1.79 bits per heavy atom. The van der Waals surface area contributed by atoms with Crippen LogP contribution in [0.2, 0.25) is 10.0 Å². The quantitative estimate of drug-likeness (QED) is 0.695. The van der Waals surface area contributed by atoms with E-state index in [2.05, 4.69) is 24.0 Å². The summed E-state index contributed by atoms with van der Waals surface area (Å²) in [6.45, 7) is 3.81. The van der Waals surface area contributed by atoms with Gasteiger partial charge in [0.1, 0.15) is 0 Å². The van der Waals surface area contributed by atoms with E-state index < -0.39 is 0 Å². The lowest BCUT2D eigenvalue weighted by molar-refractivity contribution is 0.799. The number of halogens is 2. The normalized spacial score (nSPS) is 11.9. The van der Waals surface area contributed by atoms with Crippen molar-refractivity contribution in [3.63, 3.8) is 0 Å². The second kappa shape index (κ2) is 6.65. The summed E-state index contributed by atoms with van der Waals surface area (Å²) in [5, 5.41) is 4.56. The zero-order valence-electron chi connectivity index (χ0n) is 10.4. The van der Waals surface area contributed by atoms with E-state index in [0.717, 1.165) is 12.1 Å². The lowest BCUT2D eigenvalue weighted by Gasteiger charge is -2.19. The zero-order valence-corrected chi connectivity index (χ0v) is 12.0. The van der Waals surface area contributed by atoms with Crippen molar-refractivity contribution < 1.29 is 0 Å². The van der Waals surface area contributed by atoms with Gasteiger partial charge in [-0.3, -0.25) is 0 Å². The van der Waals surface area contributed by atoms with Crippen molar-refractivity contribution in [2.45, 2.75) is 12.5 Å². The fourth-order valence-corrected chi connectivity index (χ4v) is 2.22. The summed E-state index contributed by atoms with van der Waals surface area (Å²) in [6, 6.07) is 16.0. The van der Waals surface area contributed by atoms with Crippen LogP contribution >= 0.6 is 23.2 Å². The molecule has 3 heteroatoms. The van der Waals surface area contributed by atoms with Gasteiger partial charge in [-0.05, 0) is 30.2 Å². The van der Waals surface area contributed by atoms with Gasteiger partial charge in [0.2, 0.25) is 0 Å². The molecule has 1 N–H and O–H groups in total. The maximum absolute atomic E-state index is 6.03. The molecule has 0 heterocycles. The number of hydrogen-bond acceptors (Lipinski definition) is 1. The number of benzene rings is 2. The van der Waals surface area contributed by atoms with E-state index in [0.29, 0.717) is 10.0 Å². The van der Waals surface area contributed by atoms with Gasteiger partial charge in [-0.1, -0.05) is 59.6 Å². The molecule has 2 rings (SSSR count). The monoisotopic (exact) mass is 291 g/mol. The van der Waals surface area contributed by atoms with Gasteiger partial charge in [0, 0.05) is 5.69 Å². The summed E-state index contributed by atoms with van der Waals surface area (Å²) >= 11 is 11.9. The molecular weight excluding hydrogens is 277 g/mol. The van der Waals surface area contributed by atoms with E-state index in [1.165, 1.54) is 5.56 Å². The third-order valence-electron chi connectivity index (χ3n) is 2.86. The summed E-state index contributed by atoms with van der Waals surface area (Å²) in [5.74, 6) is 0. The summed E-state index contributed by atoms with van der Waals surface area (Å²) in [4.78, 5) is 0. The topological polar surface area (TPSA) is 12.0 Å². The molecule has 0 amide bonds. The van der Waals surface area contributed by atoms with Crippen LogP contribution in [0.1, 0.15) is 18.0 Å². The van der Waals surface area contributed by atoms with Gasteiger partial charge in [-0.2, -0.15) is 0 Å². The molecule has 98 valence electrons. The number of hydrogen-bond donors (Lipinski definition) is 1. The smallest absolute Gasteiger partial charge is 0.0612 e. The summed E-state index contributed by atoms with van der Waals surface area (Å²) in [5.41, 5.74) is 2.17. The Bertz CT molecular complexity index is 552. The second-order valence-electron chi connectivity index (χ2n) is 4.26. The summed E-state index contributed by atoms with van der Waals surface area (Å²) in [7, 11) is 0. The van der Waals surface area contributed by atoms with Crippen LogP contribution in [0.15, 0.2) is 61.2 Å². The minimum Gasteiger partial charge on any atom is -0.378 e. The van der Waals surface area contributed by atoms with Crippen molar-refractivity contribution in [1.29, 1.82) is 0 Å². The molecule has 19 heavy (non-hydrogen) atoms. The SMILES string of the molecule is C=CCC(Nc1ccc(Cl)c(Cl)c1)c1ccccc1. The van der Waals surface area contributed by atoms with Crippen LogP contribution in [-0.2, 0) is 0 Å². The van der Waals surface area contributed by atoms with Crippen LogP contribution in [0.4, 0.5) is 5.69 Å². The lowest BCUT2D eigenvalue weighted by Crippen LogP contribution is -2.09. The Balaban J connectivity index is 2.21. The Kier molecular flexibility index (Phi) is 4.89. The molecule has 1 unspecified atom stereocenters. The van der Waals surface area contributed by atoms with Crippen molar-refractivity contribution in [2.75, 3.05) is 5.32 Å². The highest BCUT2D eigenvalue weighted by Crippen LogP contribution is 2.28. The molecule has 0 aliphatic heterocycles. The Morgan fingerprint density at radius 1 is 1.05 bits per heavy atom. The maximum Gasteiger partial charge on any atom is 0.0612 e. The molecule has 0 aliphatic rings. The summed E-state index contributed by atoms with van der Waals surface area (Å²) in [6.07, 6.45) is 2.74. The number of rotatable bonds is 5. The standard InChI is InChI=1S/C16H15Cl2N/c1-2-6-16(12-7-4-3-5-8-12)19-13-9-10-14(17)15(18)11-13/h2-5,7-11,16,19H,1,6H2. The van der Waals surface area contributed by atoms with E-state index in [1.807, 2.05) is 36.4 Å². The van der Waals surface area contributed by atoms with Crippen LogP contribution in [0.3, 0.4) is 0 Å². The maximum atomic E-state index is 6.03. The second-order valence-corrected chi connectivity index (χ2v) is 5.08.